The third-order valence-electron chi connectivity index (χ3n) is 7.24. The molecular formula is C28H36FN5O3S. The van der Waals surface area contributed by atoms with Crippen LogP contribution < -0.4 is 5.73 Å². The molecule has 3 atom stereocenters. The summed E-state index contributed by atoms with van der Waals surface area (Å²) in [6.07, 6.45) is 12.5. The molecule has 3 aliphatic rings. The zero-order valence-electron chi connectivity index (χ0n) is 22.2. The lowest BCUT2D eigenvalue weighted by molar-refractivity contribution is -0.116. The Hall–Kier alpha value is -2.95. The monoisotopic (exact) mass is 541 g/mol. The summed E-state index contributed by atoms with van der Waals surface area (Å²) in [6.45, 7) is 2.78. The molecule has 10 heteroatoms. The minimum atomic E-state index is -1.37. The summed E-state index contributed by atoms with van der Waals surface area (Å²) >= 11 is 0. The quantitative estimate of drug-likeness (QED) is 0.524. The summed E-state index contributed by atoms with van der Waals surface area (Å²) in [5.41, 5.74) is 8.42. The second kappa shape index (κ2) is 12.3. The number of imidazole rings is 1. The highest BCUT2D eigenvalue weighted by molar-refractivity contribution is 7.82. The lowest BCUT2D eigenvalue weighted by atomic mass is 9.63. The SMILES string of the molecule is CCOC.Cn1cnc(S(=O)N(C2CC2)C2CCC3=CC(=Nc4ccc(F)cc4)/C(=C\N)CC3(C=O)C2)c1. The number of rotatable bonds is 7. The van der Waals surface area contributed by atoms with E-state index in [0.717, 1.165) is 43.3 Å². The van der Waals surface area contributed by atoms with Crippen LogP contribution in [0.1, 0.15) is 45.4 Å². The van der Waals surface area contributed by atoms with E-state index in [1.807, 2.05) is 20.0 Å². The number of nitrogens with zero attached hydrogens (tertiary/aromatic N) is 4. The molecule has 1 aromatic carbocycles. The number of aromatic nitrogens is 2. The van der Waals surface area contributed by atoms with E-state index in [1.54, 1.807) is 36.3 Å². The molecule has 8 nitrogen and oxygen atoms in total. The molecule has 0 radical (unpaired) electrons. The topological polar surface area (TPSA) is 103 Å². The molecule has 2 aromatic rings. The number of hydrogen-bond acceptors (Lipinski definition) is 6. The number of nitrogens with two attached hydrogens (primary N) is 1. The van der Waals surface area contributed by atoms with E-state index in [4.69, 9.17) is 5.73 Å². The number of carbonyl (C=O) groups is 1. The second-order valence-electron chi connectivity index (χ2n) is 9.98. The van der Waals surface area contributed by atoms with E-state index in [-0.39, 0.29) is 17.9 Å². The zero-order chi connectivity index (χ0) is 27.3. The molecule has 1 heterocycles. The summed E-state index contributed by atoms with van der Waals surface area (Å²) < 4.78 is 35.2. The third-order valence-corrected chi connectivity index (χ3v) is 8.79. The predicted octanol–water partition coefficient (Wildman–Crippen LogP) is 4.38. The van der Waals surface area contributed by atoms with Crippen molar-refractivity contribution in [3.8, 4) is 0 Å². The third kappa shape index (κ3) is 6.19. The van der Waals surface area contributed by atoms with E-state index in [1.165, 1.54) is 18.3 Å². The van der Waals surface area contributed by atoms with E-state index in [0.29, 0.717) is 35.7 Å². The lowest BCUT2D eigenvalue weighted by Crippen LogP contribution is -2.47. The first-order chi connectivity index (χ1) is 18.3. The van der Waals surface area contributed by atoms with Gasteiger partial charge in [0.1, 0.15) is 23.1 Å². The van der Waals surface area contributed by atoms with Crippen LogP contribution in [0.5, 0.6) is 0 Å². The molecule has 3 aliphatic carbocycles. The number of aryl methyl sites for hydroxylation is 1. The number of carbonyl (C=O) groups excluding carboxylic acids is 1. The number of aliphatic imine (C=N–C) groups is 1. The lowest BCUT2D eigenvalue weighted by Gasteiger charge is -2.45. The van der Waals surface area contributed by atoms with Crippen LogP contribution in [-0.2, 0) is 27.6 Å². The van der Waals surface area contributed by atoms with Crippen LogP contribution in [0.3, 0.4) is 0 Å². The fraction of sp³-hybridized carbons (Fsp3) is 0.464. The fourth-order valence-corrected chi connectivity index (χ4v) is 6.63. The maximum Gasteiger partial charge on any atom is 0.160 e. The van der Waals surface area contributed by atoms with E-state index in [9.17, 15) is 13.4 Å². The summed E-state index contributed by atoms with van der Waals surface area (Å²) in [6, 6.07) is 6.24. The summed E-state index contributed by atoms with van der Waals surface area (Å²) in [7, 11) is 2.17. The average molecular weight is 542 g/mol. The van der Waals surface area contributed by atoms with E-state index in [2.05, 4.69) is 19.0 Å². The van der Waals surface area contributed by atoms with Gasteiger partial charge in [0.25, 0.3) is 0 Å². The predicted molar refractivity (Wildman–Crippen MR) is 147 cm³/mol. The van der Waals surface area contributed by atoms with Crippen molar-refractivity contribution in [3.05, 3.63) is 66.0 Å². The van der Waals surface area contributed by atoms with Gasteiger partial charge in [-0.1, -0.05) is 5.57 Å². The Morgan fingerprint density at radius 1 is 1.29 bits per heavy atom. The number of methoxy groups -OCH3 is 1. The normalized spacial score (nSPS) is 25.9. The van der Waals surface area contributed by atoms with Crippen molar-refractivity contribution in [2.45, 2.75) is 62.6 Å². The van der Waals surface area contributed by atoms with E-state index < -0.39 is 16.4 Å². The molecule has 0 saturated heterocycles. The van der Waals surface area contributed by atoms with Gasteiger partial charge in [0.05, 0.1) is 23.1 Å². The molecule has 3 unspecified atom stereocenters. The van der Waals surface area contributed by atoms with Gasteiger partial charge in [0.15, 0.2) is 5.03 Å². The van der Waals surface area contributed by atoms with Gasteiger partial charge in [-0.2, -0.15) is 0 Å². The molecule has 2 N–H and O–H groups in total. The van der Waals surface area contributed by atoms with Crippen molar-refractivity contribution >= 4 is 28.7 Å². The Morgan fingerprint density at radius 3 is 2.55 bits per heavy atom. The van der Waals surface area contributed by atoms with Gasteiger partial charge < -0.3 is 19.8 Å². The molecule has 0 aliphatic heterocycles. The molecule has 0 bridgehead atoms. The summed E-state index contributed by atoms with van der Waals surface area (Å²) in [5, 5.41) is 0.552. The first kappa shape index (κ1) is 28.1. The van der Waals surface area contributed by atoms with Crippen LogP contribution in [0.2, 0.25) is 0 Å². The largest absolute Gasteiger partial charge is 0.404 e. The number of hydrogen-bond donors (Lipinski definition) is 1. The minimum Gasteiger partial charge on any atom is -0.404 e. The molecular weight excluding hydrogens is 505 g/mol. The molecule has 2 fully saturated rings. The number of aldehydes is 1. The number of fused-ring (bicyclic) bond motifs is 1. The standard InChI is InChI=1S/C25H28FN5O2S.C3H8O/c1-30-14-24(28-16-30)34(33)31(21-8-9-21)22-7-2-18-10-23(29-20-5-3-19(26)4-6-20)17(13-27)11-25(18,12-22)15-32;1-3-4-2/h3-6,10,13-16,21-22H,2,7-9,11-12,27H2,1H3;3H2,1-2H3/b17-13-,29-23?;. The first-order valence-corrected chi connectivity index (χ1v) is 14.0. The molecule has 38 heavy (non-hydrogen) atoms. The van der Waals surface area contributed by atoms with Gasteiger partial charge in [-0.25, -0.2) is 22.9 Å². The van der Waals surface area contributed by atoms with Crippen molar-refractivity contribution in [1.29, 1.82) is 0 Å². The number of ether oxygens (including phenoxy) is 1. The molecule has 204 valence electrons. The van der Waals surface area contributed by atoms with Gasteiger partial charge in [-0.05, 0) is 87.6 Å². The van der Waals surface area contributed by atoms with Crippen molar-refractivity contribution in [1.82, 2.24) is 13.9 Å². The second-order valence-corrected chi connectivity index (χ2v) is 11.3. The Bertz CT molecular complexity index is 1250. The number of allylic oxidation sites excluding steroid dienone is 3. The van der Waals surface area contributed by atoms with Crippen molar-refractivity contribution in [2.24, 2.45) is 23.2 Å². The number of benzene rings is 1. The maximum atomic E-state index is 13.5. The van der Waals surface area contributed by atoms with Crippen LogP contribution in [0.25, 0.3) is 0 Å². The first-order valence-electron chi connectivity index (χ1n) is 12.9. The Labute approximate surface area is 226 Å². The van der Waals surface area contributed by atoms with Crippen molar-refractivity contribution < 1.29 is 18.1 Å². The molecule has 2 saturated carbocycles. The highest BCUT2D eigenvalue weighted by Gasteiger charge is 2.48. The Morgan fingerprint density at radius 2 is 2.00 bits per heavy atom. The highest BCUT2D eigenvalue weighted by Crippen LogP contribution is 2.50. The fourth-order valence-electron chi connectivity index (χ4n) is 5.09. The zero-order valence-corrected chi connectivity index (χ0v) is 23.0. The highest BCUT2D eigenvalue weighted by atomic mass is 32.2. The average Bonchev–Trinajstić information content (AvgIpc) is 3.67. The van der Waals surface area contributed by atoms with Crippen LogP contribution >= 0.6 is 0 Å². The Kier molecular flexibility index (Phi) is 9.07. The van der Waals surface area contributed by atoms with Gasteiger partial charge in [0, 0.05) is 39.0 Å². The summed E-state index contributed by atoms with van der Waals surface area (Å²) in [4.78, 5) is 21.6. The van der Waals surface area contributed by atoms with E-state index >= 15 is 0 Å². The van der Waals surface area contributed by atoms with Crippen molar-refractivity contribution in [3.63, 3.8) is 0 Å². The molecule has 0 spiro atoms. The molecule has 0 amide bonds. The van der Waals surface area contributed by atoms with Crippen LogP contribution in [-0.4, -0.2) is 55.9 Å². The van der Waals surface area contributed by atoms with Crippen LogP contribution in [0.15, 0.2) is 70.2 Å². The smallest absolute Gasteiger partial charge is 0.160 e. The van der Waals surface area contributed by atoms with Gasteiger partial charge in [-0.3, -0.25) is 0 Å². The minimum absolute atomic E-state index is 0.00676. The molecule has 1 aromatic heterocycles. The van der Waals surface area contributed by atoms with Gasteiger partial charge in [0.2, 0.25) is 0 Å². The molecule has 5 rings (SSSR count). The number of halogens is 1. The van der Waals surface area contributed by atoms with Gasteiger partial charge in [-0.15, -0.1) is 0 Å². The van der Waals surface area contributed by atoms with Crippen molar-refractivity contribution in [2.75, 3.05) is 13.7 Å². The summed E-state index contributed by atoms with van der Waals surface area (Å²) in [5.74, 6) is -0.317. The Balaban J connectivity index is 0.000000786. The van der Waals surface area contributed by atoms with Crippen LogP contribution in [0.4, 0.5) is 10.1 Å². The van der Waals surface area contributed by atoms with Gasteiger partial charge >= 0.3 is 0 Å². The maximum absolute atomic E-state index is 13.5. The van der Waals surface area contributed by atoms with Crippen LogP contribution in [0, 0.1) is 11.2 Å².